The van der Waals surface area contributed by atoms with E-state index in [1.54, 1.807) is 12.4 Å². The van der Waals surface area contributed by atoms with Crippen molar-refractivity contribution in [1.29, 1.82) is 0 Å². The van der Waals surface area contributed by atoms with Crippen LogP contribution in [0.4, 0.5) is 5.69 Å². The zero-order chi connectivity index (χ0) is 18.1. The molecule has 0 atom stereocenters. The number of aliphatic imine (C=N–C) groups is 1. The second-order valence-corrected chi connectivity index (χ2v) is 6.32. The number of aromatic nitrogens is 1. The molecule has 27 heavy (non-hydrogen) atoms. The van der Waals surface area contributed by atoms with Crippen LogP contribution < -0.4 is 5.43 Å². The first-order chi connectivity index (χ1) is 13.4. The van der Waals surface area contributed by atoms with Crippen molar-refractivity contribution in [3.8, 4) is 0 Å². The predicted molar refractivity (Wildman–Crippen MR) is 110 cm³/mol. The quantitative estimate of drug-likeness (QED) is 0.572. The number of hydrogen-bond acceptors (Lipinski definition) is 4. The maximum absolute atomic E-state index is 4.98. The number of hydrogen-bond donors (Lipinski definition) is 1. The van der Waals surface area contributed by atoms with Crippen LogP contribution in [0.3, 0.4) is 0 Å². The molecule has 1 aliphatic rings. The van der Waals surface area contributed by atoms with Crippen LogP contribution in [0, 0.1) is 0 Å². The number of benzene rings is 3. The Balaban J connectivity index is 1.80. The third-order valence-corrected chi connectivity index (χ3v) is 4.65. The molecule has 0 fully saturated rings. The highest BCUT2D eigenvalue weighted by Crippen LogP contribution is 2.33. The van der Waals surface area contributed by atoms with Crippen LogP contribution in [0.15, 0.2) is 101 Å². The summed E-state index contributed by atoms with van der Waals surface area (Å²) >= 11 is 0. The van der Waals surface area contributed by atoms with Gasteiger partial charge in [-0.1, -0.05) is 60.7 Å². The zero-order valence-corrected chi connectivity index (χ0v) is 14.5. The van der Waals surface area contributed by atoms with Gasteiger partial charge in [0.05, 0.1) is 11.4 Å². The topological polar surface area (TPSA) is 49.6 Å². The third-order valence-electron chi connectivity index (χ3n) is 4.65. The van der Waals surface area contributed by atoms with Gasteiger partial charge in [-0.05, 0) is 23.6 Å². The lowest BCUT2D eigenvalue weighted by atomic mass is 9.97. The number of nitrogens with zero attached hydrogens (tertiary/aromatic N) is 3. The number of amidine groups is 1. The summed E-state index contributed by atoms with van der Waals surface area (Å²) in [5.74, 6) is 0.709. The second-order valence-electron chi connectivity index (χ2n) is 6.32. The first kappa shape index (κ1) is 15.5. The smallest absolute Gasteiger partial charge is 0.154 e. The van der Waals surface area contributed by atoms with Crippen LogP contribution in [0.2, 0.25) is 0 Å². The summed E-state index contributed by atoms with van der Waals surface area (Å²) in [6, 6.07) is 26.6. The van der Waals surface area contributed by atoms with Gasteiger partial charge in [0, 0.05) is 34.5 Å². The van der Waals surface area contributed by atoms with Gasteiger partial charge in [-0.2, -0.15) is 5.10 Å². The van der Waals surface area contributed by atoms with E-state index in [2.05, 4.69) is 46.8 Å². The van der Waals surface area contributed by atoms with Crippen LogP contribution in [0.1, 0.15) is 16.7 Å². The monoisotopic (exact) mass is 348 g/mol. The number of nitrogens with one attached hydrogen (secondary N) is 1. The SMILES string of the molecule is c1ccc(C2=NNC(c3ccncc3)=Nc3c2ccc2ccccc32)cc1. The summed E-state index contributed by atoms with van der Waals surface area (Å²) < 4.78 is 0. The highest BCUT2D eigenvalue weighted by molar-refractivity contribution is 6.21. The van der Waals surface area contributed by atoms with E-state index in [1.165, 1.54) is 0 Å². The fourth-order valence-corrected chi connectivity index (χ4v) is 3.33. The Bertz CT molecular complexity index is 1180. The van der Waals surface area contributed by atoms with Crippen molar-refractivity contribution in [1.82, 2.24) is 10.4 Å². The Kier molecular flexibility index (Phi) is 3.72. The van der Waals surface area contributed by atoms with Gasteiger partial charge in [0.15, 0.2) is 5.84 Å². The van der Waals surface area contributed by atoms with Crippen LogP contribution in [0.25, 0.3) is 10.8 Å². The van der Waals surface area contributed by atoms with Crippen LogP contribution >= 0.6 is 0 Å². The maximum atomic E-state index is 4.98. The van der Waals surface area contributed by atoms with Gasteiger partial charge in [0.25, 0.3) is 0 Å². The highest BCUT2D eigenvalue weighted by atomic mass is 15.3. The molecule has 0 radical (unpaired) electrons. The standard InChI is InChI=1S/C23H16N4/c1-2-7-17(8-3-1)21-20-11-10-16-6-4-5-9-19(16)22(20)25-23(27-26-21)18-12-14-24-15-13-18/h1-15H,(H,25,27). The van der Waals surface area contributed by atoms with E-state index in [1.807, 2.05) is 42.5 Å². The number of pyridine rings is 1. The lowest BCUT2D eigenvalue weighted by Crippen LogP contribution is -2.19. The molecular weight excluding hydrogens is 332 g/mol. The first-order valence-electron chi connectivity index (χ1n) is 8.80. The fraction of sp³-hybridized carbons (Fsp3) is 0. The predicted octanol–water partition coefficient (Wildman–Crippen LogP) is 4.67. The molecule has 1 aromatic heterocycles. The minimum absolute atomic E-state index is 0.709. The normalized spacial score (nSPS) is 13.2. The van der Waals surface area contributed by atoms with Crippen molar-refractivity contribution < 1.29 is 0 Å². The molecule has 0 saturated heterocycles. The largest absolute Gasteiger partial charge is 0.265 e. The minimum Gasteiger partial charge on any atom is -0.265 e. The molecule has 4 aromatic rings. The zero-order valence-electron chi connectivity index (χ0n) is 14.5. The van der Waals surface area contributed by atoms with E-state index in [0.29, 0.717) is 5.84 Å². The first-order valence-corrected chi connectivity index (χ1v) is 8.80. The Labute approximate surface area is 156 Å². The van der Waals surface area contributed by atoms with Crippen LogP contribution in [-0.2, 0) is 0 Å². The van der Waals surface area contributed by atoms with E-state index >= 15 is 0 Å². The fourth-order valence-electron chi connectivity index (χ4n) is 3.33. The van der Waals surface area contributed by atoms with Gasteiger partial charge >= 0.3 is 0 Å². The summed E-state index contributed by atoms with van der Waals surface area (Å²) in [5, 5.41) is 6.98. The number of hydrazone groups is 1. The van der Waals surface area contributed by atoms with Crippen molar-refractivity contribution >= 4 is 28.0 Å². The van der Waals surface area contributed by atoms with E-state index in [9.17, 15) is 0 Å². The van der Waals surface area contributed by atoms with Gasteiger partial charge in [0.1, 0.15) is 0 Å². The van der Waals surface area contributed by atoms with E-state index in [4.69, 9.17) is 10.1 Å². The molecule has 0 aliphatic carbocycles. The molecule has 0 bridgehead atoms. The average Bonchev–Trinajstić information content (AvgIpc) is 2.95. The third kappa shape index (κ3) is 2.77. The molecule has 1 N–H and O–H groups in total. The lowest BCUT2D eigenvalue weighted by molar-refractivity contribution is 1.03. The summed E-state index contributed by atoms with van der Waals surface area (Å²) in [5.41, 5.74) is 7.98. The van der Waals surface area contributed by atoms with Crippen molar-refractivity contribution in [3.63, 3.8) is 0 Å². The summed E-state index contributed by atoms with van der Waals surface area (Å²) in [7, 11) is 0. The summed E-state index contributed by atoms with van der Waals surface area (Å²) in [6.45, 7) is 0. The molecule has 0 unspecified atom stereocenters. The van der Waals surface area contributed by atoms with Gasteiger partial charge in [-0.15, -0.1) is 0 Å². The number of fused-ring (bicyclic) bond motifs is 3. The van der Waals surface area contributed by atoms with Crippen molar-refractivity contribution in [3.05, 3.63) is 108 Å². The van der Waals surface area contributed by atoms with Crippen molar-refractivity contribution in [2.45, 2.75) is 0 Å². The minimum atomic E-state index is 0.709. The molecular formula is C23H16N4. The molecule has 3 aromatic carbocycles. The lowest BCUT2D eigenvalue weighted by Gasteiger charge is -2.10. The Morgan fingerprint density at radius 3 is 2.30 bits per heavy atom. The van der Waals surface area contributed by atoms with Crippen molar-refractivity contribution in [2.75, 3.05) is 0 Å². The van der Waals surface area contributed by atoms with Crippen LogP contribution in [-0.4, -0.2) is 16.5 Å². The summed E-state index contributed by atoms with van der Waals surface area (Å²) in [6.07, 6.45) is 3.52. The maximum Gasteiger partial charge on any atom is 0.154 e. The molecule has 0 saturated carbocycles. The van der Waals surface area contributed by atoms with Gasteiger partial charge in [-0.3, -0.25) is 10.4 Å². The molecule has 128 valence electrons. The summed E-state index contributed by atoms with van der Waals surface area (Å²) in [4.78, 5) is 9.08. The van der Waals surface area contributed by atoms with Crippen molar-refractivity contribution in [2.24, 2.45) is 10.1 Å². The number of rotatable bonds is 2. The molecule has 0 spiro atoms. The van der Waals surface area contributed by atoms with E-state index in [0.717, 1.165) is 38.9 Å². The van der Waals surface area contributed by atoms with Gasteiger partial charge in [0.2, 0.25) is 0 Å². The Morgan fingerprint density at radius 2 is 1.44 bits per heavy atom. The molecule has 4 heteroatoms. The Morgan fingerprint density at radius 1 is 0.667 bits per heavy atom. The van der Waals surface area contributed by atoms with E-state index < -0.39 is 0 Å². The van der Waals surface area contributed by atoms with Gasteiger partial charge < -0.3 is 0 Å². The average molecular weight is 348 g/mol. The highest BCUT2D eigenvalue weighted by Gasteiger charge is 2.19. The van der Waals surface area contributed by atoms with E-state index in [-0.39, 0.29) is 0 Å². The Hall–Kier alpha value is -3.79. The molecule has 5 rings (SSSR count). The van der Waals surface area contributed by atoms with Gasteiger partial charge in [-0.25, -0.2) is 4.99 Å². The molecule has 2 heterocycles. The molecule has 0 amide bonds. The molecule has 4 nitrogen and oxygen atoms in total. The second kappa shape index (κ2) is 6.50. The van der Waals surface area contributed by atoms with Crippen LogP contribution in [0.5, 0.6) is 0 Å². The molecule has 1 aliphatic heterocycles.